The summed E-state index contributed by atoms with van der Waals surface area (Å²) in [5.74, 6) is -1.42. The standard InChI is InChI=1S/C19H11ClN4O2S2/c20-16-5-4-13(27-16)8-12-9-14(15-3-1-2-6-24(12)15)18(25)19(26)22-17-7-11(10-21)23-28-17/h1-7,9H,8H2,(H,22,26). The number of halogens is 1. The SMILES string of the molecule is N#Cc1cc(NC(=O)C(=O)c2cc(Cc3ccc(Cl)s3)n3ccccc23)sn1. The summed E-state index contributed by atoms with van der Waals surface area (Å²) in [5.41, 5.74) is 2.05. The molecule has 6 nitrogen and oxygen atoms in total. The Labute approximate surface area is 172 Å². The van der Waals surface area contributed by atoms with Gasteiger partial charge in [0.2, 0.25) is 0 Å². The Hall–Kier alpha value is -2.99. The summed E-state index contributed by atoms with van der Waals surface area (Å²) >= 11 is 8.44. The molecule has 0 aliphatic carbocycles. The molecule has 0 unspecified atom stereocenters. The summed E-state index contributed by atoms with van der Waals surface area (Å²) in [5, 5.41) is 11.7. The summed E-state index contributed by atoms with van der Waals surface area (Å²) in [7, 11) is 0. The van der Waals surface area contributed by atoms with E-state index in [1.165, 1.54) is 17.4 Å². The Balaban J connectivity index is 1.65. The first-order valence-electron chi connectivity index (χ1n) is 8.11. The zero-order chi connectivity index (χ0) is 19.7. The van der Waals surface area contributed by atoms with E-state index in [2.05, 4.69) is 9.69 Å². The second kappa shape index (κ2) is 7.56. The summed E-state index contributed by atoms with van der Waals surface area (Å²) in [4.78, 5) is 26.3. The zero-order valence-corrected chi connectivity index (χ0v) is 16.6. The molecule has 0 spiro atoms. The number of nitriles is 1. The molecule has 0 bridgehead atoms. The van der Waals surface area contributed by atoms with Crippen LogP contribution in [-0.2, 0) is 11.2 Å². The molecule has 1 N–H and O–H groups in total. The van der Waals surface area contributed by atoms with Gasteiger partial charge in [0.25, 0.3) is 11.7 Å². The van der Waals surface area contributed by atoms with Gasteiger partial charge in [-0.15, -0.1) is 11.3 Å². The number of ketones is 1. The highest BCUT2D eigenvalue weighted by Gasteiger charge is 2.22. The number of nitrogens with one attached hydrogen (secondary N) is 1. The Morgan fingerprint density at radius 1 is 1.25 bits per heavy atom. The highest BCUT2D eigenvalue weighted by atomic mass is 35.5. The van der Waals surface area contributed by atoms with Gasteiger partial charge >= 0.3 is 0 Å². The lowest BCUT2D eigenvalue weighted by Crippen LogP contribution is -2.22. The second-order valence-corrected chi connectivity index (χ2v) is 8.46. The van der Waals surface area contributed by atoms with Crippen molar-refractivity contribution >= 4 is 56.7 Å². The van der Waals surface area contributed by atoms with E-state index in [0.717, 1.165) is 22.1 Å². The number of hydrogen-bond acceptors (Lipinski definition) is 6. The Kier molecular flexibility index (Phi) is 4.96. The van der Waals surface area contributed by atoms with E-state index >= 15 is 0 Å². The minimum Gasteiger partial charge on any atom is -0.320 e. The fourth-order valence-corrected chi connectivity index (χ4v) is 4.54. The maximum Gasteiger partial charge on any atom is 0.297 e. The summed E-state index contributed by atoms with van der Waals surface area (Å²) in [6, 6.07) is 14.3. The molecule has 4 rings (SSSR count). The number of pyridine rings is 1. The van der Waals surface area contributed by atoms with E-state index in [4.69, 9.17) is 16.9 Å². The third kappa shape index (κ3) is 3.55. The first-order valence-corrected chi connectivity index (χ1v) is 10.1. The van der Waals surface area contributed by atoms with Crippen LogP contribution in [0, 0.1) is 11.3 Å². The number of nitrogens with zero attached hydrogens (tertiary/aromatic N) is 3. The van der Waals surface area contributed by atoms with Gasteiger partial charge in [0, 0.05) is 29.3 Å². The van der Waals surface area contributed by atoms with Crippen molar-refractivity contribution in [2.45, 2.75) is 6.42 Å². The van der Waals surface area contributed by atoms with Crippen molar-refractivity contribution in [3.8, 4) is 6.07 Å². The predicted molar refractivity (Wildman–Crippen MR) is 109 cm³/mol. The van der Waals surface area contributed by atoms with Crippen molar-refractivity contribution in [1.29, 1.82) is 5.26 Å². The van der Waals surface area contributed by atoms with E-state index in [1.54, 1.807) is 12.1 Å². The molecule has 0 fully saturated rings. The van der Waals surface area contributed by atoms with Gasteiger partial charge in [0.1, 0.15) is 11.1 Å². The van der Waals surface area contributed by atoms with Crippen molar-refractivity contribution in [1.82, 2.24) is 8.77 Å². The lowest BCUT2D eigenvalue weighted by atomic mass is 10.1. The molecule has 0 aliphatic rings. The maximum absolute atomic E-state index is 12.8. The summed E-state index contributed by atoms with van der Waals surface area (Å²) < 4.78 is 6.46. The van der Waals surface area contributed by atoms with Crippen LogP contribution in [0.4, 0.5) is 5.00 Å². The van der Waals surface area contributed by atoms with Crippen LogP contribution in [0.1, 0.15) is 26.6 Å². The normalized spacial score (nSPS) is 10.7. The van der Waals surface area contributed by atoms with Crippen molar-refractivity contribution < 1.29 is 9.59 Å². The Bertz CT molecular complexity index is 1250. The molecule has 0 radical (unpaired) electrons. The molecule has 1 amide bonds. The molecule has 0 atom stereocenters. The third-order valence-corrected chi connectivity index (χ3v) is 5.99. The summed E-state index contributed by atoms with van der Waals surface area (Å²) in [6.45, 7) is 0. The number of aromatic nitrogens is 2. The average Bonchev–Trinajstić information content (AvgIpc) is 3.41. The molecular formula is C19H11ClN4O2S2. The van der Waals surface area contributed by atoms with Gasteiger partial charge in [0.05, 0.1) is 15.4 Å². The smallest absolute Gasteiger partial charge is 0.297 e. The number of fused-ring (bicyclic) bond motifs is 1. The molecule has 138 valence electrons. The maximum atomic E-state index is 12.8. The van der Waals surface area contributed by atoms with E-state index < -0.39 is 11.7 Å². The van der Waals surface area contributed by atoms with Crippen LogP contribution in [0.25, 0.3) is 5.52 Å². The molecule has 4 aromatic heterocycles. The van der Waals surface area contributed by atoms with Gasteiger partial charge in [-0.2, -0.15) is 9.64 Å². The highest BCUT2D eigenvalue weighted by molar-refractivity contribution is 7.16. The van der Waals surface area contributed by atoms with Crippen LogP contribution in [0.2, 0.25) is 4.34 Å². The van der Waals surface area contributed by atoms with Crippen LogP contribution < -0.4 is 5.32 Å². The topological polar surface area (TPSA) is 87.3 Å². The number of thiophene rings is 1. The Morgan fingerprint density at radius 3 is 2.82 bits per heavy atom. The quantitative estimate of drug-likeness (QED) is 0.378. The fraction of sp³-hybridized carbons (Fsp3) is 0.0526. The van der Waals surface area contributed by atoms with Crippen molar-refractivity contribution in [2.24, 2.45) is 0 Å². The zero-order valence-electron chi connectivity index (χ0n) is 14.2. The molecule has 0 aromatic carbocycles. The number of Topliss-reactive ketones (excluding diaryl/α,β-unsaturated/α-hetero) is 1. The van der Waals surface area contributed by atoms with Gasteiger partial charge in [-0.05, 0) is 41.9 Å². The lowest BCUT2D eigenvalue weighted by Gasteiger charge is -2.01. The van der Waals surface area contributed by atoms with Crippen LogP contribution in [0.15, 0.2) is 48.7 Å². The molecule has 0 saturated carbocycles. The number of rotatable bonds is 5. The molecular weight excluding hydrogens is 416 g/mol. The molecule has 0 aliphatic heterocycles. The Morgan fingerprint density at radius 2 is 2.11 bits per heavy atom. The number of carbonyl (C=O) groups excluding carboxylic acids is 2. The van der Waals surface area contributed by atoms with Gasteiger partial charge in [-0.1, -0.05) is 17.7 Å². The van der Waals surface area contributed by atoms with Crippen LogP contribution >= 0.6 is 34.5 Å². The van der Waals surface area contributed by atoms with Gasteiger partial charge < -0.3 is 9.72 Å². The van der Waals surface area contributed by atoms with E-state index in [0.29, 0.717) is 26.8 Å². The van der Waals surface area contributed by atoms with Crippen molar-refractivity contribution in [3.63, 3.8) is 0 Å². The van der Waals surface area contributed by atoms with Gasteiger partial charge in [-0.3, -0.25) is 9.59 Å². The monoisotopic (exact) mass is 426 g/mol. The van der Waals surface area contributed by atoms with E-state index in [9.17, 15) is 9.59 Å². The number of hydrogen-bond donors (Lipinski definition) is 1. The molecule has 9 heteroatoms. The average molecular weight is 427 g/mol. The van der Waals surface area contributed by atoms with Crippen LogP contribution in [0.3, 0.4) is 0 Å². The van der Waals surface area contributed by atoms with Crippen molar-refractivity contribution in [2.75, 3.05) is 5.32 Å². The third-order valence-electron chi connectivity index (χ3n) is 4.05. The van der Waals surface area contributed by atoms with Gasteiger partial charge in [0.15, 0.2) is 5.69 Å². The summed E-state index contributed by atoms with van der Waals surface area (Å²) in [6.07, 6.45) is 2.45. The molecule has 28 heavy (non-hydrogen) atoms. The number of anilines is 1. The predicted octanol–water partition coefficient (Wildman–Crippen LogP) is 4.39. The minimum absolute atomic E-state index is 0.193. The fourth-order valence-electron chi connectivity index (χ4n) is 2.84. The highest BCUT2D eigenvalue weighted by Crippen LogP contribution is 2.26. The van der Waals surface area contributed by atoms with Crippen molar-refractivity contribution in [3.05, 3.63) is 74.8 Å². The number of amides is 1. The lowest BCUT2D eigenvalue weighted by molar-refractivity contribution is -0.112. The van der Waals surface area contributed by atoms with E-state index in [1.807, 2.05) is 40.9 Å². The minimum atomic E-state index is -0.768. The first kappa shape index (κ1) is 18.4. The molecule has 4 heterocycles. The molecule has 4 aromatic rings. The van der Waals surface area contributed by atoms with Crippen LogP contribution in [-0.4, -0.2) is 20.5 Å². The van der Waals surface area contributed by atoms with Crippen LogP contribution in [0.5, 0.6) is 0 Å². The number of carbonyl (C=O) groups is 2. The molecule has 0 saturated heterocycles. The van der Waals surface area contributed by atoms with Gasteiger partial charge in [-0.25, -0.2) is 0 Å². The van der Waals surface area contributed by atoms with E-state index in [-0.39, 0.29) is 5.69 Å². The largest absolute Gasteiger partial charge is 0.320 e. The first-order chi connectivity index (χ1) is 13.5. The second-order valence-electron chi connectivity index (χ2n) is 5.86.